The number of carbonyl (C=O) groups excluding carboxylic acids is 2. The first-order valence-electron chi connectivity index (χ1n) is 7.12. The first-order chi connectivity index (χ1) is 9.74. The summed E-state index contributed by atoms with van der Waals surface area (Å²) < 4.78 is 0. The maximum absolute atomic E-state index is 12.3. The van der Waals surface area contributed by atoms with Crippen LogP contribution in [0.1, 0.15) is 36.5 Å². The van der Waals surface area contributed by atoms with E-state index in [1.807, 2.05) is 36.4 Å². The second-order valence-electron chi connectivity index (χ2n) is 5.17. The summed E-state index contributed by atoms with van der Waals surface area (Å²) in [5, 5.41) is 1.88. The molecule has 1 heterocycles. The molecule has 0 N–H and O–H groups in total. The lowest BCUT2D eigenvalue weighted by molar-refractivity contribution is -0.114. The molecule has 0 bridgehead atoms. The molecule has 0 saturated carbocycles. The van der Waals surface area contributed by atoms with Crippen LogP contribution < -0.4 is 4.90 Å². The molecule has 1 aliphatic rings. The van der Waals surface area contributed by atoms with E-state index in [9.17, 15) is 9.59 Å². The van der Waals surface area contributed by atoms with E-state index >= 15 is 0 Å². The van der Waals surface area contributed by atoms with Gasteiger partial charge in [-0.05, 0) is 23.3 Å². The van der Waals surface area contributed by atoms with Gasteiger partial charge in [0.2, 0.25) is 0 Å². The molecule has 3 nitrogen and oxygen atoms in total. The zero-order valence-corrected chi connectivity index (χ0v) is 11.6. The van der Waals surface area contributed by atoms with Crippen molar-refractivity contribution in [2.75, 3.05) is 11.4 Å². The normalized spacial score (nSPS) is 14.2. The number of carbonyl (C=O) groups is 2. The summed E-state index contributed by atoms with van der Waals surface area (Å²) in [6.45, 7) is 2.75. The van der Waals surface area contributed by atoms with Crippen molar-refractivity contribution in [3.8, 4) is 0 Å². The van der Waals surface area contributed by atoms with Gasteiger partial charge in [-0.15, -0.1) is 0 Å². The smallest absolute Gasteiger partial charge is 0.299 e. The standard InChI is InChI=1S/C17H17NO2/c1-2-3-6-11-18-14-10-9-12-7-4-5-8-13(12)15(14)16(19)17(18)20/h4-5,7-10H,2-3,6,11H2,1H3. The summed E-state index contributed by atoms with van der Waals surface area (Å²) in [6, 6.07) is 11.6. The molecule has 0 saturated heterocycles. The Kier molecular flexibility index (Phi) is 3.26. The van der Waals surface area contributed by atoms with E-state index in [-0.39, 0.29) is 11.7 Å². The van der Waals surface area contributed by atoms with E-state index < -0.39 is 0 Å². The van der Waals surface area contributed by atoms with Crippen LogP contribution in [0, 0.1) is 0 Å². The van der Waals surface area contributed by atoms with Gasteiger partial charge in [-0.25, -0.2) is 0 Å². The van der Waals surface area contributed by atoms with Gasteiger partial charge < -0.3 is 4.90 Å². The molecule has 20 heavy (non-hydrogen) atoms. The lowest BCUT2D eigenvalue weighted by Gasteiger charge is -2.16. The van der Waals surface area contributed by atoms with Crippen molar-refractivity contribution >= 4 is 28.2 Å². The molecule has 0 fully saturated rings. The summed E-state index contributed by atoms with van der Waals surface area (Å²) in [5.41, 5.74) is 1.35. The highest BCUT2D eigenvalue weighted by molar-refractivity contribution is 6.54. The van der Waals surface area contributed by atoms with Crippen LogP contribution in [0.15, 0.2) is 36.4 Å². The molecule has 0 radical (unpaired) electrons. The maximum Gasteiger partial charge on any atom is 0.299 e. The SMILES string of the molecule is CCCCCN1C(=O)C(=O)c2c1ccc1ccccc21. The summed E-state index contributed by atoms with van der Waals surface area (Å²) in [4.78, 5) is 26.1. The third kappa shape index (κ3) is 1.90. The monoisotopic (exact) mass is 267 g/mol. The quantitative estimate of drug-likeness (QED) is 0.627. The van der Waals surface area contributed by atoms with Gasteiger partial charge >= 0.3 is 0 Å². The summed E-state index contributed by atoms with van der Waals surface area (Å²) >= 11 is 0. The second kappa shape index (κ2) is 5.08. The highest BCUT2D eigenvalue weighted by atomic mass is 16.2. The van der Waals surface area contributed by atoms with Gasteiger partial charge in [-0.2, -0.15) is 0 Å². The number of anilines is 1. The Hall–Kier alpha value is -2.16. The molecule has 102 valence electrons. The molecule has 1 aliphatic heterocycles. The Morgan fingerprint density at radius 1 is 1.00 bits per heavy atom. The summed E-state index contributed by atoms with van der Waals surface area (Å²) in [7, 11) is 0. The second-order valence-corrected chi connectivity index (χ2v) is 5.17. The van der Waals surface area contributed by atoms with E-state index in [4.69, 9.17) is 0 Å². The zero-order valence-electron chi connectivity index (χ0n) is 11.6. The Balaban J connectivity index is 2.07. The van der Waals surface area contributed by atoms with Crippen molar-refractivity contribution in [2.45, 2.75) is 26.2 Å². The maximum atomic E-state index is 12.3. The average Bonchev–Trinajstić information content (AvgIpc) is 2.72. The predicted octanol–water partition coefficient (Wildman–Crippen LogP) is 3.56. The molecular weight excluding hydrogens is 250 g/mol. The topological polar surface area (TPSA) is 37.4 Å². The van der Waals surface area contributed by atoms with Crippen LogP contribution in [0.25, 0.3) is 10.8 Å². The average molecular weight is 267 g/mol. The van der Waals surface area contributed by atoms with Crippen molar-refractivity contribution in [1.82, 2.24) is 0 Å². The third-order valence-corrected chi connectivity index (χ3v) is 3.85. The first-order valence-corrected chi connectivity index (χ1v) is 7.12. The van der Waals surface area contributed by atoms with Crippen LogP contribution in [0.2, 0.25) is 0 Å². The minimum Gasteiger partial charge on any atom is -0.305 e. The van der Waals surface area contributed by atoms with E-state index in [1.54, 1.807) is 4.90 Å². The molecule has 0 aliphatic carbocycles. The number of unbranched alkanes of at least 4 members (excludes halogenated alkanes) is 2. The number of hydrogen-bond donors (Lipinski definition) is 0. The van der Waals surface area contributed by atoms with Gasteiger partial charge in [-0.3, -0.25) is 9.59 Å². The molecule has 1 amide bonds. The van der Waals surface area contributed by atoms with Crippen molar-refractivity contribution in [3.63, 3.8) is 0 Å². The number of Topliss-reactive ketones (excluding diaryl/α,β-unsaturated/α-hetero) is 1. The van der Waals surface area contributed by atoms with Crippen LogP contribution >= 0.6 is 0 Å². The number of ketones is 1. The van der Waals surface area contributed by atoms with Crippen molar-refractivity contribution in [3.05, 3.63) is 42.0 Å². The number of amides is 1. The Morgan fingerprint density at radius 3 is 2.60 bits per heavy atom. The Bertz CT molecular complexity index is 690. The largest absolute Gasteiger partial charge is 0.305 e. The van der Waals surface area contributed by atoms with Crippen molar-refractivity contribution < 1.29 is 9.59 Å². The highest BCUT2D eigenvalue weighted by Crippen LogP contribution is 2.35. The van der Waals surface area contributed by atoms with E-state index in [1.165, 1.54) is 0 Å². The van der Waals surface area contributed by atoms with Crippen LogP contribution in [0.4, 0.5) is 5.69 Å². The number of hydrogen-bond acceptors (Lipinski definition) is 2. The summed E-state index contributed by atoms with van der Waals surface area (Å²) in [5.74, 6) is -0.749. The van der Waals surface area contributed by atoms with Gasteiger partial charge in [0.05, 0.1) is 11.3 Å². The molecule has 3 rings (SSSR count). The molecule has 0 unspecified atom stereocenters. The number of nitrogens with zero attached hydrogens (tertiary/aromatic N) is 1. The first kappa shape index (κ1) is 12.9. The fraction of sp³-hybridized carbons (Fsp3) is 0.294. The third-order valence-electron chi connectivity index (χ3n) is 3.85. The number of rotatable bonds is 4. The van der Waals surface area contributed by atoms with Crippen LogP contribution in [0.5, 0.6) is 0 Å². The molecule has 0 atom stereocenters. The van der Waals surface area contributed by atoms with Gasteiger partial charge in [0, 0.05) is 6.54 Å². The summed E-state index contributed by atoms with van der Waals surface area (Å²) in [6.07, 6.45) is 3.10. The molecule has 0 aromatic heterocycles. The van der Waals surface area contributed by atoms with E-state index in [0.717, 1.165) is 35.7 Å². The van der Waals surface area contributed by atoms with Gasteiger partial charge in [0.15, 0.2) is 0 Å². The number of benzene rings is 2. The molecule has 0 spiro atoms. The number of fused-ring (bicyclic) bond motifs is 3. The van der Waals surface area contributed by atoms with E-state index in [0.29, 0.717) is 12.1 Å². The van der Waals surface area contributed by atoms with Crippen LogP contribution in [-0.4, -0.2) is 18.2 Å². The lowest BCUT2D eigenvalue weighted by Crippen LogP contribution is -2.30. The lowest BCUT2D eigenvalue weighted by atomic mass is 10.0. The Labute approximate surface area is 118 Å². The fourth-order valence-electron chi connectivity index (χ4n) is 2.80. The molecule has 2 aromatic carbocycles. The van der Waals surface area contributed by atoms with Gasteiger partial charge in [0.1, 0.15) is 0 Å². The van der Waals surface area contributed by atoms with Gasteiger partial charge in [0.25, 0.3) is 11.7 Å². The minimum absolute atomic E-state index is 0.367. The Morgan fingerprint density at radius 2 is 1.80 bits per heavy atom. The van der Waals surface area contributed by atoms with E-state index in [2.05, 4.69) is 6.92 Å². The minimum atomic E-state index is -0.382. The molecular formula is C17H17NO2. The molecule has 2 aromatic rings. The van der Waals surface area contributed by atoms with Crippen LogP contribution in [-0.2, 0) is 4.79 Å². The zero-order chi connectivity index (χ0) is 14.1. The van der Waals surface area contributed by atoms with Gasteiger partial charge in [-0.1, -0.05) is 50.1 Å². The van der Waals surface area contributed by atoms with Crippen LogP contribution in [0.3, 0.4) is 0 Å². The van der Waals surface area contributed by atoms with Crippen molar-refractivity contribution in [1.29, 1.82) is 0 Å². The molecule has 3 heteroatoms. The highest BCUT2D eigenvalue weighted by Gasteiger charge is 2.36. The van der Waals surface area contributed by atoms with Crippen molar-refractivity contribution in [2.24, 2.45) is 0 Å². The predicted molar refractivity (Wildman–Crippen MR) is 80.2 cm³/mol. The fourth-order valence-corrected chi connectivity index (χ4v) is 2.80.